The van der Waals surface area contributed by atoms with Gasteiger partial charge in [-0.25, -0.2) is 8.42 Å². The van der Waals surface area contributed by atoms with Gasteiger partial charge in [-0.2, -0.15) is 0 Å². The molecule has 1 aromatic rings. The second kappa shape index (κ2) is 3.35. The summed E-state index contributed by atoms with van der Waals surface area (Å²) < 4.78 is 22.1. The maximum absolute atomic E-state index is 11.0. The molecular weight excluding hydrogens is 190 g/mol. The van der Waals surface area contributed by atoms with Gasteiger partial charge in [-0.3, -0.25) is 0 Å². The van der Waals surface area contributed by atoms with E-state index in [-0.39, 0.29) is 17.2 Å². The molecule has 1 rings (SSSR count). The van der Waals surface area contributed by atoms with Crippen molar-refractivity contribution < 1.29 is 13.5 Å². The summed E-state index contributed by atoms with van der Waals surface area (Å²) in [6.45, 7) is 0.190. The molecule has 0 heterocycles. The molecule has 0 aliphatic carbocycles. The summed E-state index contributed by atoms with van der Waals surface area (Å²) >= 11 is 0. The summed E-state index contributed by atoms with van der Waals surface area (Å²) in [7, 11) is -3.25. The minimum atomic E-state index is -3.25. The number of phenols is 1. The van der Waals surface area contributed by atoms with Crippen LogP contribution in [0.2, 0.25) is 0 Å². The minimum Gasteiger partial charge on any atom is -0.508 e. The lowest BCUT2D eigenvalue weighted by Gasteiger charge is -2.03. The maximum Gasteiger partial charge on any atom is 0.175 e. The number of aromatic hydroxyl groups is 1. The van der Waals surface area contributed by atoms with Crippen LogP contribution in [0.5, 0.6) is 5.75 Å². The molecule has 0 fully saturated rings. The van der Waals surface area contributed by atoms with Crippen molar-refractivity contribution in [3.05, 3.63) is 23.8 Å². The van der Waals surface area contributed by atoms with E-state index in [4.69, 9.17) is 5.73 Å². The van der Waals surface area contributed by atoms with Gasteiger partial charge in [-0.15, -0.1) is 0 Å². The van der Waals surface area contributed by atoms with Crippen LogP contribution in [0.4, 0.5) is 0 Å². The number of benzene rings is 1. The van der Waals surface area contributed by atoms with E-state index in [1.165, 1.54) is 18.2 Å². The van der Waals surface area contributed by atoms with Crippen LogP contribution in [0.1, 0.15) is 5.56 Å². The molecule has 0 amide bonds. The number of rotatable bonds is 2. The largest absolute Gasteiger partial charge is 0.508 e. The van der Waals surface area contributed by atoms with E-state index < -0.39 is 9.84 Å². The molecule has 1 aromatic carbocycles. The lowest BCUT2D eigenvalue weighted by Crippen LogP contribution is -2.00. The predicted molar refractivity (Wildman–Crippen MR) is 49.1 cm³/mol. The third-order valence-electron chi connectivity index (χ3n) is 1.70. The molecule has 0 aliphatic rings. The Labute approximate surface area is 76.9 Å². The number of hydrogen-bond acceptors (Lipinski definition) is 4. The maximum atomic E-state index is 11.0. The van der Waals surface area contributed by atoms with E-state index >= 15 is 0 Å². The zero-order chi connectivity index (χ0) is 10.1. The van der Waals surface area contributed by atoms with Crippen LogP contribution in [0.15, 0.2) is 23.1 Å². The summed E-state index contributed by atoms with van der Waals surface area (Å²) in [5.41, 5.74) is 5.83. The number of sulfone groups is 1. The molecule has 0 saturated carbocycles. The molecule has 5 heteroatoms. The molecule has 13 heavy (non-hydrogen) atoms. The highest BCUT2D eigenvalue weighted by molar-refractivity contribution is 7.90. The van der Waals surface area contributed by atoms with E-state index in [1.807, 2.05) is 0 Å². The van der Waals surface area contributed by atoms with Crippen LogP contribution in [-0.2, 0) is 16.4 Å². The van der Waals surface area contributed by atoms with E-state index in [2.05, 4.69) is 0 Å². The molecule has 4 nitrogen and oxygen atoms in total. The van der Waals surface area contributed by atoms with E-state index in [0.29, 0.717) is 5.56 Å². The first-order valence-corrected chi connectivity index (χ1v) is 5.56. The van der Waals surface area contributed by atoms with Gasteiger partial charge >= 0.3 is 0 Å². The Morgan fingerprint density at radius 2 is 2.08 bits per heavy atom. The van der Waals surface area contributed by atoms with Crippen LogP contribution >= 0.6 is 0 Å². The van der Waals surface area contributed by atoms with E-state index in [0.717, 1.165) is 6.26 Å². The molecule has 0 saturated heterocycles. The Balaban J connectivity index is 3.26. The fraction of sp³-hybridized carbons (Fsp3) is 0.250. The fourth-order valence-electron chi connectivity index (χ4n) is 0.947. The lowest BCUT2D eigenvalue weighted by molar-refractivity contribution is 0.466. The Morgan fingerprint density at radius 3 is 2.46 bits per heavy atom. The number of nitrogens with two attached hydrogens (primary N) is 1. The normalized spacial score (nSPS) is 11.5. The second-order valence-corrected chi connectivity index (χ2v) is 4.78. The lowest BCUT2D eigenvalue weighted by atomic mass is 10.2. The van der Waals surface area contributed by atoms with Gasteiger partial charge in [-0.1, -0.05) is 6.07 Å². The van der Waals surface area contributed by atoms with Crippen molar-refractivity contribution in [2.45, 2.75) is 11.4 Å². The molecule has 0 radical (unpaired) electrons. The van der Waals surface area contributed by atoms with Crippen LogP contribution < -0.4 is 5.73 Å². The van der Waals surface area contributed by atoms with Gasteiger partial charge in [0.15, 0.2) is 9.84 Å². The highest BCUT2D eigenvalue weighted by Gasteiger charge is 2.09. The first-order valence-electron chi connectivity index (χ1n) is 3.67. The van der Waals surface area contributed by atoms with Crippen LogP contribution in [0.25, 0.3) is 0 Å². The van der Waals surface area contributed by atoms with Crippen molar-refractivity contribution in [3.63, 3.8) is 0 Å². The van der Waals surface area contributed by atoms with Crippen molar-refractivity contribution in [2.24, 2.45) is 5.73 Å². The fourth-order valence-corrected chi connectivity index (χ4v) is 1.59. The molecule has 0 aliphatic heterocycles. The first-order chi connectivity index (χ1) is 5.95. The summed E-state index contributed by atoms with van der Waals surface area (Å²) in [4.78, 5) is 0.0993. The zero-order valence-electron chi connectivity index (χ0n) is 7.19. The molecule has 0 atom stereocenters. The van der Waals surface area contributed by atoms with E-state index in [9.17, 15) is 13.5 Å². The predicted octanol–water partition coefficient (Wildman–Crippen LogP) is 0.254. The van der Waals surface area contributed by atoms with Gasteiger partial charge in [0.2, 0.25) is 0 Å². The van der Waals surface area contributed by atoms with Gasteiger partial charge in [0.1, 0.15) is 5.75 Å². The minimum absolute atomic E-state index is 0.0783. The Hall–Kier alpha value is -1.07. The summed E-state index contributed by atoms with van der Waals surface area (Å²) in [5, 5.41) is 9.31. The highest BCUT2D eigenvalue weighted by atomic mass is 32.2. The summed E-state index contributed by atoms with van der Waals surface area (Å²) in [6, 6.07) is 4.14. The Bertz CT molecular complexity index is 411. The third kappa shape index (κ3) is 2.19. The molecule has 0 spiro atoms. The zero-order valence-corrected chi connectivity index (χ0v) is 8.00. The molecule has 0 bridgehead atoms. The van der Waals surface area contributed by atoms with E-state index in [1.54, 1.807) is 0 Å². The standard InChI is InChI=1S/C8H11NO3S/c1-13(11,12)7-3-2-6(5-9)8(10)4-7/h2-4,10H,5,9H2,1H3. The smallest absolute Gasteiger partial charge is 0.175 e. The molecule has 3 N–H and O–H groups in total. The Kier molecular flexibility index (Phi) is 2.58. The highest BCUT2D eigenvalue weighted by Crippen LogP contribution is 2.20. The average Bonchev–Trinajstić information content (AvgIpc) is 2.02. The Morgan fingerprint density at radius 1 is 1.46 bits per heavy atom. The van der Waals surface area contributed by atoms with Crippen LogP contribution in [0, 0.1) is 0 Å². The van der Waals surface area contributed by atoms with Gasteiger partial charge in [-0.05, 0) is 12.1 Å². The SMILES string of the molecule is CS(=O)(=O)c1ccc(CN)c(O)c1. The summed E-state index contributed by atoms with van der Waals surface area (Å²) in [5.74, 6) is -0.0783. The molecule has 0 aromatic heterocycles. The monoisotopic (exact) mass is 201 g/mol. The van der Waals surface area contributed by atoms with Crippen molar-refractivity contribution in [3.8, 4) is 5.75 Å². The third-order valence-corrected chi connectivity index (χ3v) is 2.82. The van der Waals surface area contributed by atoms with Gasteiger partial charge < -0.3 is 10.8 Å². The quantitative estimate of drug-likeness (QED) is 0.719. The number of hydrogen-bond donors (Lipinski definition) is 2. The molecule has 72 valence electrons. The second-order valence-electron chi connectivity index (χ2n) is 2.77. The van der Waals surface area contributed by atoms with Crippen molar-refractivity contribution >= 4 is 9.84 Å². The first kappa shape index (κ1) is 10.0. The van der Waals surface area contributed by atoms with Gasteiger partial charge in [0, 0.05) is 18.4 Å². The average molecular weight is 201 g/mol. The van der Waals surface area contributed by atoms with Crippen LogP contribution in [0.3, 0.4) is 0 Å². The van der Waals surface area contributed by atoms with Gasteiger partial charge in [0.25, 0.3) is 0 Å². The molecular formula is C8H11NO3S. The summed E-state index contributed by atoms with van der Waals surface area (Å²) in [6.07, 6.45) is 1.09. The van der Waals surface area contributed by atoms with Crippen molar-refractivity contribution in [1.82, 2.24) is 0 Å². The van der Waals surface area contributed by atoms with Crippen LogP contribution in [-0.4, -0.2) is 19.8 Å². The van der Waals surface area contributed by atoms with Crippen molar-refractivity contribution in [1.29, 1.82) is 0 Å². The number of phenolic OH excluding ortho intramolecular Hbond substituents is 1. The van der Waals surface area contributed by atoms with Crippen molar-refractivity contribution in [2.75, 3.05) is 6.26 Å². The topological polar surface area (TPSA) is 80.4 Å². The molecule has 0 unspecified atom stereocenters. The van der Waals surface area contributed by atoms with Gasteiger partial charge in [0.05, 0.1) is 4.90 Å².